The van der Waals surface area contributed by atoms with Crippen LogP contribution in [0.2, 0.25) is 0 Å². The topological polar surface area (TPSA) is 95.8 Å². The van der Waals surface area contributed by atoms with Crippen LogP contribution in [0.25, 0.3) is 0 Å². The molecule has 0 spiro atoms. The van der Waals surface area contributed by atoms with E-state index in [4.69, 9.17) is 5.73 Å². The maximum absolute atomic E-state index is 11.8. The van der Waals surface area contributed by atoms with Gasteiger partial charge in [0.2, 0.25) is 0 Å². The molecule has 1 aromatic carbocycles. The predicted molar refractivity (Wildman–Crippen MR) is 79.5 cm³/mol. The molecule has 0 unspecified atom stereocenters. The largest absolute Gasteiger partial charge is 0.397 e. The van der Waals surface area contributed by atoms with Gasteiger partial charge in [-0.05, 0) is 32.0 Å². The lowest BCUT2D eigenvalue weighted by Crippen LogP contribution is -2.22. The maximum atomic E-state index is 11.8. The third-order valence-electron chi connectivity index (χ3n) is 3.06. The smallest absolute Gasteiger partial charge is 0.251 e. The van der Waals surface area contributed by atoms with E-state index in [0.717, 1.165) is 16.9 Å². The second kappa shape index (κ2) is 6.10. The molecule has 0 radical (unpaired) electrons. The molecule has 0 bridgehead atoms. The molecule has 0 aliphatic heterocycles. The number of amides is 1. The van der Waals surface area contributed by atoms with Crippen LogP contribution in [0.4, 0.5) is 11.4 Å². The lowest BCUT2D eigenvalue weighted by molar-refractivity contribution is 0.0956. The van der Waals surface area contributed by atoms with Crippen molar-refractivity contribution in [3.63, 3.8) is 0 Å². The third-order valence-corrected chi connectivity index (χ3v) is 3.06. The number of rotatable bonds is 5. The standard InChI is InChI=1S/C14H19N5O/c1-3-16-14(20)10-4-5-12(15)13(6-10)17-7-11-8-18-19-9(11)2/h4-6,8,17H,3,7,15H2,1-2H3,(H,16,20)(H,18,19). The van der Waals surface area contributed by atoms with E-state index >= 15 is 0 Å². The molecule has 6 nitrogen and oxygen atoms in total. The number of aryl methyl sites for hydroxylation is 1. The molecule has 20 heavy (non-hydrogen) atoms. The van der Waals surface area contributed by atoms with Gasteiger partial charge in [-0.2, -0.15) is 5.10 Å². The highest BCUT2D eigenvalue weighted by atomic mass is 16.1. The fourth-order valence-corrected chi connectivity index (χ4v) is 1.86. The van der Waals surface area contributed by atoms with Crippen LogP contribution in [-0.2, 0) is 6.54 Å². The zero-order valence-electron chi connectivity index (χ0n) is 11.7. The first-order valence-electron chi connectivity index (χ1n) is 6.52. The molecule has 1 amide bonds. The Morgan fingerprint density at radius 3 is 2.90 bits per heavy atom. The highest BCUT2D eigenvalue weighted by Crippen LogP contribution is 2.21. The summed E-state index contributed by atoms with van der Waals surface area (Å²) in [6.07, 6.45) is 1.77. The van der Waals surface area contributed by atoms with Crippen molar-refractivity contribution in [3.05, 3.63) is 41.2 Å². The number of nitrogen functional groups attached to an aromatic ring is 1. The number of benzene rings is 1. The second-order valence-corrected chi connectivity index (χ2v) is 4.54. The van der Waals surface area contributed by atoms with E-state index in [-0.39, 0.29) is 5.91 Å². The summed E-state index contributed by atoms with van der Waals surface area (Å²) < 4.78 is 0. The van der Waals surface area contributed by atoms with Crippen LogP contribution in [0.5, 0.6) is 0 Å². The number of nitrogens with zero attached hydrogens (tertiary/aromatic N) is 1. The lowest BCUT2D eigenvalue weighted by atomic mass is 10.1. The van der Waals surface area contributed by atoms with E-state index in [1.165, 1.54) is 0 Å². The summed E-state index contributed by atoms with van der Waals surface area (Å²) >= 11 is 0. The van der Waals surface area contributed by atoms with Crippen LogP contribution in [-0.4, -0.2) is 22.6 Å². The molecule has 2 rings (SSSR count). The number of carbonyl (C=O) groups is 1. The summed E-state index contributed by atoms with van der Waals surface area (Å²) in [5, 5.41) is 12.8. The quantitative estimate of drug-likeness (QED) is 0.623. The molecule has 6 heteroatoms. The van der Waals surface area contributed by atoms with Gasteiger partial charge in [-0.25, -0.2) is 0 Å². The van der Waals surface area contributed by atoms with Crippen LogP contribution in [0.1, 0.15) is 28.5 Å². The van der Waals surface area contributed by atoms with Crippen molar-refractivity contribution in [1.29, 1.82) is 0 Å². The minimum absolute atomic E-state index is 0.102. The Labute approximate surface area is 117 Å². The zero-order chi connectivity index (χ0) is 14.5. The van der Waals surface area contributed by atoms with Gasteiger partial charge in [0.15, 0.2) is 0 Å². The molecule has 106 valence electrons. The Bertz CT molecular complexity index is 605. The number of anilines is 2. The average Bonchev–Trinajstić information content (AvgIpc) is 2.83. The number of nitrogens with two attached hydrogens (primary N) is 1. The van der Waals surface area contributed by atoms with Crippen LogP contribution < -0.4 is 16.4 Å². The van der Waals surface area contributed by atoms with E-state index in [9.17, 15) is 4.79 Å². The number of nitrogens with one attached hydrogen (secondary N) is 3. The highest BCUT2D eigenvalue weighted by molar-refractivity contribution is 5.96. The van der Waals surface area contributed by atoms with Crippen LogP contribution in [0.15, 0.2) is 24.4 Å². The Kier molecular flexibility index (Phi) is 4.24. The minimum atomic E-state index is -0.102. The fourth-order valence-electron chi connectivity index (χ4n) is 1.86. The molecule has 0 fully saturated rings. The van der Waals surface area contributed by atoms with Gasteiger partial charge in [0.1, 0.15) is 0 Å². The van der Waals surface area contributed by atoms with E-state index < -0.39 is 0 Å². The fraction of sp³-hybridized carbons (Fsp3) is 0.286. The van der Waals surface area contributed by atoms with Gasteiger partial charge in [-0.15, -0.1) is 0 Å². The number of carbonyl (C=O) groups excluding carboxylic acids is 1. The van der Waals surface area contributed by atoms with E-state index in [1.807, 2.05) is 13.8 Å². The number of aromatic amines is 1. The Hall–Kier alpha value is -2.50. The van der Waals surface area contributed by atoms with Crippen molar-refractivity contribution >= 4 is 17.3 Å². The molecule has 0 saturated heterocycles. The summed E-state index contributed by atoms with van der Waals surface area (Å²) in [7, 11) is 0. The van der Waals surface area contributed by atoms with Crippen molar-refractivity contribution in [2.75, 3.05) is 17.6 Å². The molecular weight excluding hydrogens is 254 g/mol. The van der Waals surface area contributed by atoms with E-state index in [1.54, 1.807) is 24.4 Å². The van der Waals surface area contributed by atoms with Crippen molar-refractivity contribution in [2.45, 2.75) is 20.4 Å². The second-order valence-electron chi connectivity index (χ2n) is 4.54. The number of aromatic nitrogens is 2. The molecule has 0 aliphatic rings. The van der Waals surface area contributed by atoms with Gasteiger partial charge in [0.25, 0.3) is 5.91 Å². The molecule has 1 heterocycles. The molecular formula is C14H19N5O. The first-order valence-corrected chi connectivity index (χ1v) is 6.52. The van der Waals surface area contributed by atoms with Gasteiger partial charge >= 0.3 is 0 Å². The van der Waals surface area contributed by atoms with Gasteiger partial charge in [-0.3, -0.25) is 9.89 Å². The maximum Gasteiger partial charge on any atom is 0.251 e. The lowest BCUT2D eigenvalue weighted by Gasteiger charge is -2.11. The number of H-pyrrole nitrogens is 1. The highest BCUT2D eigenvalue weighted by Gasteiger charge is 2.08. The first-order chi connectivity index (χ1) is 9.61. The number of hydrogen-bond acceptors (Lipinski definition) is 4. The average molecular weight is 273 g/mol. The summed E-state index contributed by atoms with van der Waals surface area (Å²) in [6, 6.07) is 5.21. The van der Waals surface area contributed by atoms with Gasteiger partial charge < -0.3 is 16.4 Å². The SMILES string of the molecule is CCNC(=O)c1ccc(N)c(NCc2cn[nH]c2C)c1. The molecule has 0 atom stereocenters. The summed E-state index contributed by atoms with van der Waals surface area (Å²) in [4.78, 5) is 11.8. The predicted octanol–water partition coefficient (Wildman–Crippen LogP) is 1.66. The Balaban J connectivity index is 2.12. The van der Waals surface area contributed by atoms with E-state index in [0.29, 0.717) is 24.3 Å². The number of hydrogen-bond donors (Lipinski definition) is 4. The van der Waals surface area contributed by atoms with Crippen molar-refractivity contribution in [1.82, 2.24) is 15.5 Å². The zero-order valence-corrected chi connectivity index (χ0v) is 11.7. The van der Waals surface area contributed by atoms with Gasteiger partial charge in [-0.1, -0.05) is 0 Å². The summed E-state index contributed by atoms with van der Waals surface area (Å²) in [5.74, 6) is -0.102. The molecule has 5 N–H and O–H groups in total. The van der Waals surface area contributed by atoms with Crippen molar-refractivity contribution < 1.29 is 4.79 Å². The van der Waals surface area contributed by atoms with Gasteiger partial charge in [0, 0.05) is 29.9 Å². The summed E-state index contributed by atoms with van der Waals surface area (Å²) in [5.41, 5.74) is 9.94. The van der Waals surface area contributed by atoms with Crippen molar-refractivity contribution in [3.8, 4) is 0 Å². The Morgan fingerprint density at radius 2 is 2.25 bits per heavy atom. The Morgan fingerprint density at radius 1 is 1.45 bits per heavy atom. The van der Waals surface area contributed by atoms with Crippen molar-refractivity contribution in [2.24, 2.45) is 0 Å². The minimum Gasteiger partial charge on any atom is -0.397 e. The third kappa shape index (κ3) is 3.09. The molecule has 1 aromatic heterocycles. The molecule has 2 aromatic rings. The summed E-state index contributed by atoms with van der Waals surface area (Å²) in [6.45, 7) is 5.04. The van der Waals surface area contributed by atoms with E-state index in [2.05, 4.69) is 20.8 Å². The first kappa shape index (κ1) is 13.9. The molecule has 0 aliphatic carbocycles. The monoisotopic (exact) mass is 273 g/mol. The van der Waals surface area contributed by atoms with Crippen LogP contribution in [0.3, 0.4) is 0 Å². The van der Waals surface area contributed by atoms with Crippen LogP contribution >= 0.6 is 0 Å². The van der Waals surface area contributed by atoms with Crippen LogP contribution in [0, 0.1) is 6.92 Å². The normalized spacial score (nSPS) is 10.3. The van der Waals surface area contributed by atoms with Gasteiger partial charge in [0.05, 0.1) is 17.6 Å². The molecule has 0 saturated carbocycles.